The van der Waals surface area contributed by atoms with Crippen LogP contribution in [0, 0.1) is 6.92 Å². The molecule has 0 bridgehead atoms. The SMILES string of the molecule is COCC(NC(=O)c1cc(C)on1)C(=O)NC(COC)C(=O)N[C@@H](CC1=CC(OC)=CCC1)C(=O)[C@@]1(C)CO1. The van der Waals surface area contributed by atoms with E-state index in [9.17, 15) is 19.2 Å². The highest BCUT2D eigenvalue weighted by molar-refractivity contribution is 5.99. The molecule has 0 radical (unpaired) electrons. The van der Waals surface area contributed by atoms with Crippen molar-refractivity contribution in [3.63, 3.8) is 0 Å². The van der Waals surface area contributed by atoms with E-state index in [0.717, 1.165) is 12.0 Å². The number of nitrogens with one attached hydrogen (secondary N) is 3. The lowest BCUT2D eigenvalue weighted by Crippen LogP contribution is -2.58. The van der Waals surface area contributed by atoms with Crippen LogP contribution in [0.25, 0.3) is 0 Å². The number of carbonyl (C=O) groups excluding carboxylic acids is 4. The minimum Gasteiger partial charge on any atom is -0.497 e. The van der Waals surface area contributed by atoms with Gasteiger partial charge in [0.25, 0.3) is 5.91 Å². The van der Waals surface area contributed by atoms with Gasteiger partial charge in [0.15, 0.2) is 11.5 Å². The second kappa shape index (κ2) is 13.5. The third-order valence-electron chi connectivity index (χ3n) is 6.37. The monoisotopic (exact) mass is 548 g/mol. The topological polar surface area (TPSA) is 171 Å². The summed E-state index contributed by atoms with van der Waals surface area (Å²) in [7, 11) is 4.31. The maximum absolute atomic E-state index is 13.3. The van der Waals surface area contributed by atoms with Gasteiger partial charge in [-0.1, -0.05) is 10.7 Å². The number of hydrogen-bond donors (Lipinski definition) is 3. The summed E-state index contributed by atoms with van der Waals surface area (Å²) in [5.74, 6) is -1.10. The first-order valence-electron chi connectivity index (χ1n) is 12.5. The number of rotatable bonds is 15. The first-order valence-corrected chi connectivity index (χ1v) is 12.5. The summed E-state index contributed by atoms with van der Waals surface area (Å²) < 4.78 is 25.8. The summed E-state index contributed by atoms with van der Waals surface area (Å²) in [6.45, 7) is 3.22. The number of methoxy groups -OCH3 is 3. The molecule has 1 saturated heterocycles. The Balaban J connectivity index is 1.71. The highest BCUT2D eigenvalue weighted by Crippen LogP contribution is 2.31. The van der Waals surface area contributed by atoms with Gasteiger partial charge in [0.2, 0.25) is 11.8 Å². The fraction of sp³-hybridized carbons (Fsp3) is 0.577. The third kappa shape index (κ3) is 8.22. The summed E-state index contributed by atoms with van der Waals surface area (Å²) in [6.07, 6.45) is 5.53. The fourth-order valence-electron chi connectivity index (χ4n) is 4.08. The first kappa shape index (κ1) is 30.0. The van der Waals surface area contributed by atoms with Crippen LogP contribution < -0.4 is 16.0 Å². The van der Waals surface area contributed by atoms with Crippen LogP contribution in [0.3, 0.4) is 0 Å². The Morgan fingerprint density at radius 3 is 2.18 bits per heavy atom. The quantitative estimate of drug-likeness (QED) is 0.260. The Morgan fingerprint density at radius 1 is 1.03 bits per heavy atom. The van der Waals surface area contributed by atoms with E-state index in [1.807, 2.05) is 12.2 Å². The van der Waals surface area contributed by atoms with Gasteiger partial charge >= 0.3 is 0 Å². The molecule has 13 nitrogen and oxygen atoms in total. The zero-order valence-electron chi connectivity index (χ0n) is 22.8. The van der Waals surface area contributed by atoms with Crippen LogP contribution in [0.15, 0.2) is 34.1 Å². The van der Waals surface area contributed by atoms with E-state index < -0.39 is 41.4 Å². The summed E-state index contributed by atoms with van der Waals surface area (Å²) in [6, 6.07) is -1.78. The molecule has 0 saturated carbocycles. The molecule has 2 aliphatic rings. The smallest absolute Gasteiger partial charge is 0.274 e. The molecular formula is C26H36N4O9. The summed E-state index contributed by atoms with van der Waals surface area (Å²) >= 11 is 0. The third-order valence-corrected chi connectivity index (χ3v) is 6.37. The molecule has 2 heterocycles. The maximum atomic E-state index is 13.3. The van der Waals surface area contributed by atoms with Crippen LogP contribution in [-0.4, -0.2) is 93.5 Å². The van der Waals surface area contributed by atoms with E-state index in [1.165, 1.54) is 20.3 Å². The van der Waals surface area contributed by atoms with Crippen molar-refractivity contribution in [1.29, 1.82) is 0 Å². The predicted molar refractivity (Wildman–Crippen MR) is 136 cm³/mol. The number of aryl methyl sites for hydroxylation is 1. The second-order valence-electron chi connectivity index (χ2n) is 9.62. The molecular weight excluding hydrogens is 512 g/mol. The Hall–Kier alpha value is -3.55. The number of aromatic nitrogens is 1. The predicted octanol–water partition coefficient (Wildman–Crippen LogP) is 0.342. The zero-order valence-corrected chi connectivity index (χ0v) is 22.8. The van der Waals surface area contributed by atoms with Crippen molar-refractivity contribution in [2.45, 2.75) is 56.8 Å². The summed E-state index contributed by atoms with van der Waals surface area (Å²) in [4.78, 5) is 52.1. The lowest BCUT2D eigenvalue weighted by molar-refractivity contribution is -0.134. The molecule has 1 aliphatic heterocycles. The van der Waals surface area contributed by atoms with Gasteiger partial charge in [0.1, 0.15) is 29.2 Å². The second-order valence-corrected chi connectivity index (χ2v) is 9.62. The molecule has 2 unspecified atom stereocenters. The van der Waals surface area contributed by atoms with Crippen LogP contribution in [0.4, 0.5) is 0 Å². The van der Waals surface area contributed by atoms with E-state index in [0.29, 0.717) is 17.9 Å². The molecule has 39 heavy (non-hydrogen) atoms. The van der Waals surface area contributed by atoms with Gasteiger partial charge in [-0.2, -0.15) is 0 Å². The first-order chi connectivity index (χ1) is 18.6. The highest BCUT2D eigenvalue weighted by Gasteiger charge is 2.50. The number of ether oxygens (including phenoxy) is 4. The molecule has 4 atom stereocenters. The van der Waals surface area contributed by atoms with Crippen LogP contribution >= 0.6 is 0 Å². The zero-order chi connectivity index (χ0) is 28.6. The number of epoxide rings is 1. The largest absolute Gasteiger partial charge is 0.497 e. The average molecular weight is 549 g/mol. The Bertz CT molecular complexity index is 1120. The summed E-state index contributed by atoms with van der Waals surface area (Å²) in [5, 5.41) is 11.5. The van der Waals surface area contributed by atoms with Crippen LogP contribution in [0.5, 0.6) is 0 Å². The van der Waals surface area contributed by atoms with Gasteiger partial charge in [-0.25, -0.2) is 0 Å². The van der Waals surface area contributed by atoms with Crippen LogP contribution in [0.2, 0.25) is 0 Å². The molecule has 1 fully saturated rings. The van der Waals surface area contributed by atoms with Gasteiger partial charge in [0, 0.05) is 20.3 Å². The van der Waals surface area contributed by atoms with Crippen molar-refractivity contribution in [1.82, 2.24) is 21.1 Å². The van der Waals surface area contributed by atoms with Crippen molar-refractivity contribution in [2.75, 3.05) is 41.2 Å². The molecule has 13 heteroatoms. The van der Waals surface area contributed by atoms with Crippen LogP contribution in [-0.2, 0) is 33.3 Å². The number of hydrogen-bond acceptors (Lipinski definition) is 10. The fourth-order valence-corrected chi connectivity index (χ4v) is 4.08. The van der Waals surface area contributed by atoms with Crippen LogP contribution in [0.1, 0.15) is 42.4 Å². The molecule has 1 aliphatic carbocycles. The van der Waals surface area contributed by atoms with Crippen molar-refractivity contribution >= 4 is 23.5 Å². The van der Waals surface area contributed by atoms with Gasteiger partial charge < -0.3 is 39.4 Å². The number of Topliss-reactive ketones (excluding diaryl/α,β-unsaturated/α-hetero) is 1. The van der Waals surface area contributed by atoms with Gasteiger partial charge in [-0.05, 0) is 45.3 Å². The van der Waals surface area contributed by atoms with Crippen molar-refractivity contribution in [2.24, 2.45) is 0 Å². The summed E-state index contributed by atoms with van der Waals surface area (Å²) in [5.41, 5.74) is -0.0378. The van der Waals surface area contributed by atoms with E-state index in [4.69, 9.17) is 23.5 Å². The molecule has 3 rings (SSSR count). The molecule has 3 N–H and O–H groups in total. The number of carbonyl (C=O) groups is 4. The Kier molecular flexibility index (Phi) is 10.4. The van der Waals surface area contributed by atoms with E-state index in [1.54, 1.807) is 21.0 Å². The molecule has 0 spiro atoms. The van der Waals surface area contributed by atoms with Crippen molar-refractivity contribution in [3.8, 4) is 0 Å². The van der Waals surface area contributed by atoms with Crippen molar-refractivity contribution < 1.29 is 42.6 Å². The van der Waals surface area contributed by atoms with Gasteiger partial charge in [-0.3, -0.25) is 19.2 Å². The maximum Gasteiger partial charge on any atom is 0.274 e. The minimum absolute atomic E-state index is 0.00627. The van der Waals surface area contributed by atoms with Gasteiger partial charge in [0.05, 0.1) is 33.0 Å². The number of allylic oxidation sites excluding steroid dienone is 2. The molecule has 1 aromatic rings. The molecule has 214 valence electrons. The normalized spacial score (nSPS) is 20.5. The Morgan fingerprint density at radius 2 is 1.64 bits per heavy atom. The average Bonchev–Trinajstić information content (AvgIpc) is 3.52. The minimum atomic E-state index is -1.16. The lowest BCUT2D eigenvalue weighted by Gasteiger charge is -2.26. The van der Waals surface area contributed by atoms with E-state index >= 15 is 0 Å². The number of nitrogens with zero attached hydrogens (tertiary/aromatic N) is 1. The van der Waals surface area contributed by atoms with E-state index in [-0.39, 0.29) is 37.7 Å². The highest BCUT2D eigenvalue weighted by atomic mass is 16.6. The number of ketones is 1. The van der Waals surface area contributed by atoms with E-state index in [2.05, 4.69) is 21.1 Å². The van der Waals surface area contributed by atoms with Gasteiger partial charge in [-0.15, -0.1) is 0 Å². The number of amides is 3. The molecule has 3 amide bonds. The lowest BCUT2D eigenvalue weighted by atomic mass is 9.91. The standard InChI is InChI=1S/C26H36N4O9/c1-15-9-19(30-39-15)23(32)28-21(13-36-4)25(34)29-20(12-35-3)24(33)27-18(22(31)26(2)14-38-26)11-16-7-6-8-17(10-16)37-5/h8-10,18,20-21H,6-7,11-14H2,1-5H3,(H,27,33)(H,28,32)(H,29,34)/t18-,20?,21?,26+/m0/s1. The molecule has 0 aromatic carbocycles. The molecule has 1 aromatic heterocycles. The Labute approximate surface area is 226 Å². The van der Waals surface area contributed by atoms with Crippen molar-refractivity contribution in [3.05, 3.63) is 41.0 Å².